The van der Waals surface area contributed by atoms with Gasteiger partial charge in [-0.25, -0.2) is 4.98 Å². The summed E-state index contributed by atoms with van der Waals surface area (Å²) in [5.74, 6) is 0.653. The molecule has 0 saturated carbocycles. The molecule has 0 spiro atoms. The minimum atomic E-state index is -0.0907. The van der Waals surface area contributed by atoms with E-state index in [2.05, 4.69) is 19.9 Å². The first-order valence-corrected chi connectivity index (χ1v) is 8.71. The van der Waals surface area contributed by atoms with E-state index in [1.807, 2.05) is 24.3 Å². The molecule has 2 N–H and O–H groups in total. The van der Waals surface area contributed by atoms with E-state index in [9.17, 15) is 9.90 Å². The lowest BCUT2D eigenvalue weighted by Crippen LogP contribution is -2.35. The zero-order chi connectivity index (χ0) is 18.1. The molecule has 0 amide bonds. The second kappa shape index (κ2) is 6.90. The Balaban J connectivity index is 1.63. The van der Waals surface area contributed by atoms with Gasteiger partial charge in [-0.3, -0.25) is 14.7 Å². The van der Waals surface area contributed by atoms with Crippen molar-refractivity contribution in [2.75, 3.05) is 6.54 Å². The van der Waals surface area contributed by atoms with E-state index < -0.39 is 0 Å². The summed E-state index contributed by atoms with van der Waals surface area (Å²) in [7, 11) is 0. The monoisotopic (exact) mass is 368 g/mol. The SMILES string of the molecule is O=c1[nH]c(-c2ccncc2)nc2c1CCN(Cc1cccc(Cl)c1O)C2. The molecule has 0 bridgehead atoms. The Bertz CT molecular complexity index is 1000. The van der Waals surface area contributed by atoms with Crippen LogP contribution in [-0.4, -0.2) is 31.5 Å². The van der Waals surface area contributed by atoms with Gasteiger partial charge in [-0.15, -0.1) is 0 Å². The van der Waals surface area contributed by atoms with Crippen molar-refractivity contribution in [2.24, 2.45) is 0 Å². The fourth-order valence-corrected chi connectivity index (χ4v) is 3.40. The minimum Gasteiger partial charge on any atom is -0.506 e. The number of aromatic amines is 1. The Hall–Kier alpha value is -2.70. The van der Waals surface area contributed by atoms with E-state index >= 15 is 0 Å². The van der Waals surface area contributed by atoms with Crippen LogP contribution in [0.25, 0.3) is 11.4 Å². The number of halogens is 1. The van der Waals surface area contributed by atoms with Crippen molar-refractivity contribution in [3.05, 3.63) is 74.9 Å². The molecule has 3 aromatic rings. The van der Waals surface area contributed by atoms with Gasteiger partial charge >= 0.3 is 0 Å². The lowest BCUT2D eigenvalue weighted by atomic mass is 10.0. The van der Waals surface area contributed by atoms with E-state index in [1.54, 1.807) is 18.5 Å². The van der Waals surface area contributed by atoms with Crippen LogP contribution < -0.4 is 5.56 Å². The minimum absolute atomic E-state index is 0.0907. The molecule has 1 aliphatic heterocycles. The Morgan fingerprint density at radius 1 is 1.23 bits per heavy atom. The molecule has 3 heterocycles. The first-order chi connectivity index (χ1) is 12.6. The number of H-pyrrole nitrogens is 1. The number of hydrogen-bond acceptors (Lipinski definition) is 5. The summed E-state index contributed by atoms with van der Waals surface area (Å²) in [6, 6.07) is 8.96. The van der Waals surface area contributed by atoms with Crippen molar-refractivity contribution >= 4 is 11.6 Å². The normalized spacial score (nSPS) is 14.2. The van der Waals surface area contributed by atoms with Crippen molar-refractivity contribution in [1.29, 1.82) is 0 Å². The fraction of sp³-hybridized carbons (Fsp3) is 0.211. The topological polar surface area (TPSA) is 82.1 Å². The summed E-state index contributed by atoms with van der Waals surface area (Å²) in [6.07, 6.45) is 3.96. The maximum atomic E-state index is 12.4. The Morgan fingerprint density at radius 2 is 2.04 bits per heavy atom. The van der Waals surface area contributed by atoms with Gasteiger partial charge in [-0.2, -0.15) is 0 Å². The molecule has 2 aromatic heterocycles. The van der Waals surface area contributed by atoms with Crippen LogP contribution in [0.3, 0.4) is 0 Å². The highest BCUT2D eigenvalue weighted by Crippen LogP contribution is 2.29. The zero-order valence-electron chi connectivity index (χ0n) is 13.9. The number of aromatic nitrogens is 3. The average Bonchev–Trinajstić information content (AvgIpc) is 2.66. The van der Waals surface area contributed by atoms with E-state index in [0.29, 0.717) is 30.4 Å². The standard InChI is InChI=1S/C19H17ClN4O2/c20-15-3-1-2-13(17(15)25)10-24-9-6-14-16(11-24)22-18(23-19(14)26)12-4-7-21-8-5-12/h1-5,7-8,25H,6,9-11H2,(H,22,23,26). The number of benzene rings is 1. The van der Waals surface area contributed by atoms with Gasteiger partial charge in [0.05, 0.1) is 10.7 Å². The molecule has 4 rings (SSSR count). The summed E-state index contributed by atoms with van der Waals surface area (Å²) in [6.45, 7) is 1.81. The predicted molar refractivity (Wildman–Crippen MR) is 99.0 cm³/mol. The maximum Gasteiger partial charge on any atom is 0.254 e. The quantitative estimate of drug-likeness (QED) is 0.742. The maximum absolute atomic E-state index is 12.4. The molecule has 1 aliphatic rings. The predicted octanol–water partition coefficient (Wildman–Crippen LogP) is 2.75. The van der Waals surface area contributed by atoms with Crippen LogP contribution in [0.4, 0.5) is 0 Å². The molecule has 1 aromatic carbocycles. The van der Waals surface area contributed by atoms with Gasteiger partial charge in [-0.05, 0) is 24.6 Å². The third-order valence-electron chi connectivity index (χ3n) is 4.57. The number of pyridine rings is 1. The van der Waals surface area contributed by atoms with Crippen LogP contribution in [0.5, 0.6) is 5.75 Å². The molecule has 0 atom stereocenters. The first kappa shape index (κ1) is 16.8. The number of para-hydroxylation sites is 1. The molecule has 26 heavy (non-hydrogen) atoms. The third-order valence-corrected chi connectivity index (χ3v) is 4.88. The summed E-state index contributed by atoms with van der Waals surface area (Å²) >= 11 is 5.99. The second-order valence-corrected chi connectivity index (χ2v) is 6.69. The molecule has 0 aliphatic carbocycles. The van der Waals surface area contributed by atoms with Crippen molar-refractivity contribution in [2.45, 2.75) is 19.5 Å². The molecule has 0 saturated heterocycles. The van der Waals surface area contributed by atoms with Gasteiger partial charge in [0.2, 0.25) is 0 Å². The van der Waals surface area contributed by atoms with Crippen LogP contribution in [0.1, 0.15) is 16.8 Å². The van der Waals surface area contributed by atoms with Crippen molar-refractivity contribution in [3.8, 4) is 17.1 Å². The van der Waals surface area contributed by atoms with Crippen molar-refractivity contribution in [1.82, 2.24) is 19.9 Å². The lowest BCUT2D eigenvalue weighted by Gasteiger charge is -2.28. The Labute approximate surface area is 155 Å². The Morgan fingerprint density at radius 3 is 2.85 bits per heavy atom. The third kappa shape index (κ3) is 3.21. The number of hydrogen-bond donors (Lipinski definition) is 2. The molecule has 7 heteroatoms. The molecule has 0 unspecified atom stereocenters. The number of aromatic hydroxyl groups is 1. The van der Waals surface area contributed by atoms with Gasteiger partial charge in [0, 0.05) is 48.7 Å². The molecular weight excluding hydrogens is 352 g/mol. The molecule has 6 nitrogen and oxygen atoms in total. The summed E-state index contributed by atoms with van der Waals surface area (Å²) in [5.41, 5.74) is 3.00. The van der Waals surface area contributed by atoms with Crippen LogP contribution in [0, 0.1) is 0 Å². The summed E-state index contributed by atoms with van der Waals surface area (Å²) in [5, 5.41) is 10.5. The number of phenols is 1. The van der Waals surface area contributed by atoms with Gasteiger partial charge in [0.15, 0.2) is 0 Å². The van der Waals surface area contributed by atoms with E-state index in [0.717, 1.165) is 28.9 Å². The highest BCUT2D eigenvalue weighted by atomic mass is 35.5. The lowest BCUT2D eigenvalue weighted by molar-refractivity contribution is 0.237. The highest BCUT2D eigenvalue weighted by Gasteiger charge is 2.22. The van der Waals surface area contributed by atoms with Crippen LogP contribution in [0.15, 0.2) is 47.5 Å². The molecule has 132 valence electrons. The van der Waals surface area contributed by atoms with E-state index in [4.69, 9.17) is 11.6 Å². The number of nitrogens with zero attached hydrogens (tertiary/aromatic N) is 3. The summed E-state index contributed by atoms with van der Waals surface area (Å²) < 4.78 is 0. The Kier molecular flexibility index (Phi) is 4.44. The highest BCUT2D eigenvalue weighted by molar-refractivity contribution is 6.32. The van der Waals surface area contributed by atoms with Gasteiger partial charge < -0.3 is 10.1 Å². The largest absolute Gasteiger partial charge is 0.506 e. The second-order valence-electron chi connectivity index (χ2n) is 6.28. The number of phenolic OH excluding ortho intramolecular Hbond substituents is 1. The first-order valence-electron chi connectivity index (χ1n) is 8.33. The smallest absolute Gasteiger partial charge is 0.254 e. The molecule has 0 fully saturated rings. The summed E-state index contributed by atoms with van der Waals surface area (Å²) in [4.78, 5) is 26.1. The van der Waals surface area contributed by atoms with Crippen LogP contribution in [0.2, 0.25) is 5.02 Å². The number of rotatable bonds is 3. The van der Waals surface area contributed by atoms with Gasteiger partial charge in [0.25, 0.3) is 5.56 Å². The molecular formula is C19H17ClN4O2. The van der Waals surface area contributed by atoms with Gasteiger partial charge in [-0.1, -0.05) is 23.7 Å². The molecule has 0 radical (unpaired) electrons. The fourth-order valence-electron chi connectivity index (χ4n) is 3.20. The van der Waals surface area contributed by atoms with Crippen LogP contribution >= 0.6 is 11.6 Å². The van der Waals surface area contributed by atoms with E-state index in [-0.39, 0.29) is 11.3 Å². The average molecular weight is 369 g/mol. The van der Waals surface area contributed by atoms with Crippen molar-refractivity contribution < 1.29 is 5.11 Å². The van der Waals surface area contributed by atoms with Gasteiger partial charge in [0.1, 0.15) is 11.6 Å². The van der Waals surface area contributed by atoms with Crippen LogP contribution in [-0.2, 0) is 19.5 Å². The number of nitrogens with one attached hydrogen (secondary N) is 1. The number of fused-ring (bicyclic) bond motifs is 1. The zero-order valence-corrected chi connectivity index (χ0v) is 14.7. The van der Waals surface area contributed by atoms with Crippen molar-refractivity contribution in [3.63, 3.8) is 0 Å². The van der Waals surface area contributed by atoms with E-state index in [1.165, 1.54) is 0 Å².